The fourth-order valence-electron chi connectivity index (χ4n) is 1.96. The van der Waals surface area contributed by atoms with Gasteiger partial charge in [-0.1, -0.05) is 13.3 Å². The second-order valence-electron chi connectivity index (χ2n) is 4.93. The minimum Gasteiger partial charge on any atom is -0.396 e. The van der Waals surface area contributed by atoms with Crippen molar-refractivity contribution in [3.05, 3.63) is 0 Å². The highest BCUT2D eigenvalue weighted by Gasteiger charge is 2.14. The van der Waals surface area contributed by atoms with Crippen LogP contribution in [0.15, 0.2) is 0 Å². The Morgan fingerprint density at radius 2 is 2.11 bits per heavy atom. The topological polar surface area (TPSA) is 70.6 Å². The van der Waals surface area contributed by atoms with Crippen molar-refractivity contribution in [2.75, 3.05) is 33.4 Å². The van der Waals surface area contributed by atoms with E-state index in [9.17, 15) is 4.79 Å². The Morgan fingerprint density at radius 3 is 2.68 bits per heavy atom. The van der Waals surface area contributed by atoms with Crippen LogP contribution in [0.3, 0.4) is 0 Å². The first-order valence-corrected chi connectivity index (χ1v) is 7.26. The van der Waals surface area contributed by atoms with Crippen LogP contribution in [0.1, 0.15) is 39.5 Å². The fraction of sp³-hybridized carbons (Fsp3) is 0.929. The van der Waals surface area contributed by atoms with Crippen LogP contribution in [0.2, 0.25) is 0 Å². The van der Waals surface area contributed by atoms with Gasteiger partial charge < -0.3 is 20.5 Å². The first-order chi connectivity index (χ1) is 9.15. The molecule has 0 saturated heterocycles. The number of rotatable bonds is 12. The van der Waals surface area contributed by atoms with E-state index in [1.807, 2.05) is 6.92 Å². The third kappa shape index (κ3) is 9.87. The molecular formula is C14H30N2O3. The molecule has 0 rings (SSSR count). The zero-order valence-corrected chi connectivity index (χ0v) is 12.6. The van der Waals surface area contributed by atoms with Gasteiger partial charge in [0.05, 0.1) is 6.04 Å². The summed E-state index contributed by atoms with van der Waals surface area (Å²) < 4.78 is 4.93. The van der Waals surface area contributed by atoms with Gasteiger partial charge in [0.1, 0.15) is 0 Å². The van der Waals surface area contributed by atoms with Gasteiger partial charge in [0, 0.05) is 26.9 Å². The van der Waals surface area contributed by atoms with E-state index in [1.54, 1.807) is 7.11 Å². The third-order valence-electron chi connectivity index (χ3n) is 3.16. The summed E-state index contributed by atoms with van der Waals surface area (Å²) >= 11 is 0. The monoisotopic (exact) mass is 274 g/mol. The van der Waals surface area contributed by atoms with Crippen LogP contribution in [0.4, 0.5) is 0 Å². The van der Waals surface area contributed by atoms with E-state index in [0.717, 1.165) is 32.2 Å². The molecule has 0 aliphatic rings. The predicted molar refractivity (Wildman–Crippen MR) is 77.1 cm³/mol. The van der Waals surface area contributed by atoms with Gasteiger partial charge in [0.25, 0.3) is 0 Å². The summed E-state index contributed by atoms with van der Waals surface area (Å²) in [6.07, 6.45) is 3.81. The van der Waals surface area contributed by atoms with Crippen molar-refractivity contribution >= 4 is 5.91 Å². The van der Waals surface area contributed by atoms with Crippen molar-refractivity contribution in [1.82, 2.24) is 10.6 Å². The van der Waals surface area contributed by atoms with Crippen molar-refractivity contribution in [2.45, 2.75) is 45.6 Å². The third-order valence-corrected chi connectivity index (χ3v) is 3.16. The van der Waals surface area contributed by atoms with Crippen molar-refractivity contribution < 1.29 is 14.6 Å². The standard InChI is InChI=1S/C14H30N2O3/c1-4-6-13(7-9-17)11-16-12(2)14(18)15-8-5-10-19-3/h12-13,16-17H,4-11H2,1-3H3,(H,15,18). The quantitative estimate of drug-likeness (QED) is 0.463. The average molecular weight is 274 g/mol. The number of aliphatic hydroxyl groups excluding tert-OH is 1. The van der Waals surface area contributed by atoms with Crippen LogP contribution in [0.25, 0.3) is 0 Å². The van der Waals surface area contributed by atoms with Crippen LogP contribution < -0.4 is 10.6 Å². The summed E-state index contributed by atoms with van der Waals surface area (Å²) in [6, 6.07) is -0.194. The first-order valence-electron chi connectivity index (χ1n) is 7.26. The highest BCUT2D eigenvalue weighted by atomic mass is 16.5. The van der Waals surface area contributed by atoms with Crippen molar-refractivity contribution in [2.24, 2.45) is 5.92 Å². The SMILES string of the molecule is CCCC(CCO)CNC(C)C(=O)NCCCOC. The van der Waals surface area contributed by atoms with Gasteiger partial charge in [-0.15, -0.1) is 0 Å². The molecule has 0 saturated carbocycles. The lowest BCUT2D eigenvalue weighted by Gasteiger charge is -2.19. The molecule has 0 aromatic heterocycles. The van der Waals surface area contributed by atoms with Gasteiger partial charge in [-0.25, -0.2) is 0 Å². The van der Waals surface area contributed by atoms with E-state index in [-0.39, 0.29) is 18.6 Å². The summed E-state index contributed by atoms with van der Waals surface area (Å²) in [7, 11) is 1.65. The summed E-state index contributed by atoms with van der Waals surface area (Å²) in [6.45, 7) is 6.31. The number of nitrogens with one attached hydrogen (secondary N) is 2. The summed E-state index contributed by atoms with van der Waals surface area (Å²) in [5, 5.41) is 15.1. The summed E-state index contributed by atoms with van der Waals surface area (Å²) in [5.74, 6) is 0.467. The molecule has 114 valence electrons. The minimum absolute atomic E-state index is 0.0235. The molecule has 19 heavy (non-hydrogen) atoms. The van der Waals surface area contributed by atoms with E-state index in [1.165, 1.54) is 0 Å². The van der Waals surface area contributed by atoms with Gasteiger partial charge in [0.15, 0.2) is 0 Å². The molecule has 2 atom stereocenters. The van der Waals surface area contributed by atoms with Crippen LogP contribution in [0.5, 0.6) is 0 Å². The Morgan fingerprint density at radius 1 is 1.37 bits per heavy atom. The van der Waals surface area contributed by atoms with E-state index < -0.39 is 0 Å². The van der Waals surface area contributed by atoms with Gasteiger partial charge >= 0.3 is 0 Å². The molecule has 5 heteroatoms. The minimum atomic E-state index is -0.194. The molecule has 0 spiro atoms. The van der Waals surface area contributed by atoms with E-state index in [0.29, 0.717) is 19.1 Å². The number of amides is 1. The van der Waals surface area contributed by atoms with Crippen molar-refractivity contribution in [3.63, 3.8) is 0 Å². The molecular weight excluding hydrogens is 244 g/mol. The van der Waals surface area contributed by atoms with E-state index >= 15 is 0 Å². The normalized spacial score (nSPS) is 14.1. The van der Waals surface area contributed by atoms with Gasteiger partial charge in [0.2, 0.25) is 5.91 Å². The number of hydrogen-bond donors (Lipinski definition) is 3. The molecule has 0 heterocycles. The Balaban J connectivity index is 3.80. The van der Waals surface area contributed by atoms with Crippen LogP contribution in [-0.4, -0.2) is 50.5 Å². The maximum absolute atomic E-state index is 11.8. The van der Waals surface area contributed by atoms with E-state index in [2.05, 4.69) is 17.6 Å². The van der Waals surface area contributed by atoms with Crippen LogP contribution >= 0.6 is 0 Å². The molecule has 0 fully saturated rings. The van der Waals surface area contributed by atoms with Gasteiger partial charge in [-0.3, -0.25) is 4.79 Å². The molecule has 1 amide bonds. The van der Waals surface area contributed by atoms with E-state index in [4.69, 9.17) is 9.84 Å². The van der Waals surface area contributed by atoms with Crippen LogP contribution in [-0.2, 0) is 9.53 Å². The number of carbonyl (C=O) groups is 1. The zero-order valence-electron chi connectivity index (χ0n) is 12.6. The predicted octanol–water partition coefficient (Wildman–Crippen LogP) is 0.916. The number of carbonyl (C=O) groups excluding carboxylic acids is 1. The zero-order chi connectivity index (χ0) is 14.5. The lowest BCUT2D eigenvalue weighted by Crippen LogP contribution is -2.44. The highest BCUT2D eigenvalue weighted by molar-refractivity contribution is 5.81. The highest BCUT2D eigenvalue weighted by Crippen LogP contribution is 2.09. The summed E-state index contributed by atoms with van der Waals surface area (Å²) in [4.78, 5) is 11.8. The van der Waals surface area contributed by atoms with Crippen molar-refractivity contribution in [3.8, 4) is 0 Å². The maximum atomic E-state index is 11.8. The average Bonchev–Trinajstić information content (AvgIpc) is 2.40. The van der Waals surface area contributed by atoms with Gasteiger partial charge in [-0.2, -0.15) is 0 Å². The number of ether oxygens (including phenoxy) is 1. The van der Waals surface area contributed by atoms with Crippen molar-refractivity contribution in [1.29, 1.82) is 0 Å². The molecule has 0 aliphatic heterocycles. The molecule has 5 nitrogen and oxygen atoms in total. The lowest BCUT2D eigenvalue weighted by molar-refractivity contribution is -0.122. The Kier molecular flexibility index (Phi) is 12.0. The molecule has 0 aliphatic carbocycles. The second-order valence-corrected chi connectivity index (χ2v) is 4.93. The molecule has 0 aromatic rings. The molecule has 3 N–H and O–H groups in total. The van der Waals surface area contributed by atoms with Gasteiger partial charge in [-0.05, 0) is 38.6 Å². The largest absolute Gasteiger partial charge is 0.396 e. The molecule has 0 radical (unpaired) electrons. The molecule has 0 bridgehead atoms. The summed E-state index contributed by atoms with van der Waals surface area (Å²) in [5.41, 5.74) is 0. The molecule has 2 unspecified atom stereocenters. The smallest absolute Gasteiger partial charge is 0.236 e. The number of methoxy groups -OCH3 is 1. The Hall–Kier alpha value is -0.650. The van der Waals surface area contributed by atoms with Crippen LogP contribution in [0, 0.1) is 5.92 Å². The number of hydrogen-bond acceptors (Lipinski definition) is 4. The number of aliphatic hydroxyl groups is 1. The first kappa shape index (κ1) is 18.4. The Bertz CT molecular complexity index is 219. The Labute approximate surface area is 117 Å². The molecule has 0 aromatic carbocycles. The lowest BCUT2D eigenvalue weighted by atomic mass is 10.00. The fourth-order valence-corrected chi connectivity index (χ4v) is 1.96. The second kappa shape index (κ2) is 12.4. The maximum Gasteiger partial charge on any atom is 0.236 e.